The summed E-state index contributed by atoms with van der Waals surface area (Å²) in [6.45, 7) is 2.61. The van der Waals surface area contributed by atoms with Crippen LogP contribution in [0.2, 0.25) is 0 Å². The summed E-state index contributed by atoms with van der Waals surface area (Å²) in [4.78, 5) is 0. The van der Waals surface area contributed by atoms with E-state index in [9.17, 15) is 0 Å². The second-order valence-electron chi connectivity index (χ2n) is 9.39. The Morgan fingerprint density at radius 3 is 2.16 bits per heavy atom. The molecule has 6 fully saturated rings. The van der Waals surface area contributed by atoms with Crippen molar-refractivity contribution in [1.82, 2.24) is 0 Å². The van der Waals surface area contributed by atoms with Gasteiger partial charge in [-0.25, -0.2) is 0 Å². The molecule has 0 aromatic rings. The molecule has 0 radical (unpaired) electrons. The molecule has 0 heterocycles. The van der Waals surface area contributed by atoms with Gasteiger partial charge in [-0.05, 0) is 97.2 Å². The van der Waals surface area contributed by atoms with Crippen LogP contribution < -0.4 is 0 Å². The Morgan fingerprint density at radius 2 is 1.42 bits per heavy atom. The zero-order valence-electron chi connectivity index (χ0n) is 12.4. The molecule has 104 valence electrons. The van der Waals surface area contributed by atoms with Crippen molar-refractivity contribution >= 4 is 0 Å². The number of fused-ring (bicyclic) bond motifs is 7. The van der Waals surface area contributed by atoms with E-state index in [1.807, 2.05) is 0 Å². The minimum atomic E-state index is 0.889. The van der Waals surface area contributed by atoms with Gasteiger partial charge in [0.05, 0.1) is 0 Å². The lowest BCUT2D eigenvalue weighted by Gasteiger charge is -2.66. The largest absolute Gasteiger partial charge is 0.0622 e. The SMILES string of the molecule is CC1CC2CC1C13CCCCC21C1CC3C2CCC21. The molecule has 0 spiro atoms. The lowest BCUT2D eigenvalue weighted by Crippen LogP contribution is -2.60. The molecule has 9 unspecified atom stereocenters. The molecule has 0 nitrogen and oxygen atoms in total. The van der Waals surface area contributed by atoms with Crippen LogP contribution >= 0.6 is 0 Å². The average molecular weight is 256 g/mol. The standard InChI is InChI=1S/C19H28/c1-11-8-12-9-15(11)19-7-3-2-6-18(12,19)16-10-17(19)14-5-4-13(14)16/h11-17H,2-10H2,1H3. The highest BCUT2D eigenvalue weighted by atomic mass is 14.9. The summed E-state index contributed by atoms with van der Waals surface area (Å²) in [5.41, 5.74) is 1.79. The summed E-state index contributed by atoms with van der Waals surface area (Å²) >= 11 is 0. The summed E-state index contributed by atoms with van der Waals surface area (Å²) in [5.74, 6) is 8.25. The van der Waals surface area contributed by atoms with Gasteiger partial charge in [0.15, 0.2) is 0 Å². The van der Waals surface area contributed by atoms with Crippen molar-refractivity contribution < 1.29 is 0 Å². The molecule has 9 atom stereocenters. The first-order chi connectivity index (χ1) is 9.29. The van der Waals surface area contributed by atoms with Crippen molar-refractivity contribution in [3.05, 3.63) is 0 Å². The Morgan fingerprint density at radius 1 is 0.737 bits per heavy atom. The van der Waals surface area contributed by atoms with Gasteiger partial charge in [0, 0.05) is 0 Å². The van der Waals surface area contributed by atoms with Crippen molar-refractivity contribution in [2.45, 2.75) is 64.7 Å². The molecule has 0 aromatic carbocycles. The zero-order valence-corrected chi connectivity index (χ0v) is 12.4. The van der Waals surface area contributed by atoms with Gasteiger partial charge >= 0.3 is 0 Å². The van der Waals surface area contributed by atoms with Gasteiger partial charge in [-0.1, -0.05) is 19.8 Å². The highest BCUT2D eigenvalue weighted by molar-refractivity contribution is 5.29. The van der Waals surface area contributed by atoms with Gasteiger partial charge in [0.1, 0.15) is 0 Å². The highest BCUT2D eigenvalue weighted by Crippen LogP contribution is 2.88. The number of hydrogen-bond acceptors (Lipinski definition) is 0. The molecular formula is C19H28. The molecule has 0 aromatic heterocycles. The summed E-state index contributed by atoms with van der Waals surface area (Å²) in [5, 5.41) is 0. The van der Waals surface area contributed by atoms with Gasteiger partial charge < -0.3 is 0 Å². The van der Waals surface area contributed by atoms with Crippen LogP contribution in [0.4, 0.5) is 0 Å². The van der Waals surface area contributed by atoms with E-state index in [2.05, 4.69) is 6.92 Å². The third-order valence-electron chi connectivity index (χ3n) is 9.82. The molecule has 0 aliphatic heterocycles. The van der Waals surface area contributed by atoms with Crippen LogP contribution in [0.5, 0.6) is 0 Å². The minimum Gasteiger partial charge on any atom is -0.0622 e. The van der Waals surface area contributed by atoms with E-state index in [-0.39, 0.29) is 0 Å². The van der Waals surface area contributed by atoms with Crippen LogP contribution in [0.1, 0.15) is 64.7 Å². The van der Waals surface area contributed by atoms with Gasteiger partial charge in [-0.3, -0.25) is 0 Å². The summed E-state index contributed by atoms with van der Waals surface area (Å²) in [6.07, 6.45) is 14.7. The fourth-order valence-electron chi connectivity index (χ4n) is 9.80. The summed E-state index contributed by atoms with van der Waals surface area (Å²) in [7, 11) is 0. The topological polar surface area (TPSA) is 0 Å². The maximum Gasteiger partial charge on any atom is -0.0174 e. The van der Waals surface area contributed by atoms with E-state index in [0.717, 1.165) is 22.7 Å². The summed E-state index contributed by atoms with van der Waals surface area (Å²) < 4.78 is 0. The van der Waals surface area contributed by atoms with Crippen LogP contribution in [-0.2, 0) is 0 Å². The van der Waals surface area contributed by atoms with Crippen LogP contribution in [0.15, 0.2) is 0 Å². The normalized spacial score (nSPS) is 71.5. The monoisotopic (exact) mass is 256 g/mol. The molecule has 0 heteroatoms. The van der Waals surface area contributed by atoms with E-state index in [1.165, 1.54) is 29.6 Å². The van der Waals surface area contributed by atoms with Crippen LogP contribution in [0.3, 0.4) is 0 Å². The molecule has 6 aliphatic rings. The van der Waals surface area contributed by atoms with Gasteiger partial charge in [-0.2, -0.15) is 0 Å². The lowest BCUT2D eigenvalue weighted by molar-refractivity contribution is -0.178. The fraction of sp³-hybridized carbons (Fsp3) is 1.00. The van der Waals surface area contributed by atoms with Crippen LogP contribution in [-0.4, -0.2) is 0 Å². The maximum atomic E-state index is 2.61. The van der Waals surface area contributed by atoms with Crippen LogP contribution in [0.25, 0.3) is 0 Å². The van der Waals surface area contributed by atoms with Crippen molar-refractivity contribution in [1.29, 1.82) is 0 Å². The highest BCUT2D eigenvalue weighted by Gasteiger charge is 2.81. The zero-order chi connectivity index (χ0) is 12.4. The number of rotatable bonds is 0. The third kappa shape index (κ3) is 0.819. The predicted molar refractivity (Wildman–Crippen MR) is 76.5 cm³/mol. The van der Waals surface area contributed by atoms with Gasteiger partial charge in [0.25, 0.3) is 0 Å². The molecule has 0 saturated heterocycles. The van der Waals surface area contributed by atoms with E-state index in [0.29, 0.717) is 0 Å². The third-order valence-corrected chi connectivity index (χ3v) is 9.82. The Kier molecular flexibility index (Phi) is 1.66. The first kappa shape index (κ1) is 10.7. The molecule has 19 heavy (non-hydrogen) atoms. The second-order valence-corrected chi connectivity index (χ2v) is 9.39. The number of hydrogen-bond donors (Lipinski definition) is 0. The summed E-state index contributed by atoms with van der Waals surface area (Å²) in [6, 6.07) is 0. The van der Waals surface area contributed by atoms with Crippen molar-refractivity contribution in [3.8, 4) is 0 Å². The lowest BCUT2D eigenvalue weighted by atomic mass is 9.39. The van der Waals surface area contributed by atoms with Gasteiger partial charge in [-0.15, -0.1) is 0 Å². The molecule has 4 bridgehead atoms. The van der Waals surface area contributed by atoms with Crippen molar-refractivity contribution in [3.63, 3.8) is 0 Å². The molecule has 0 amide bonds. The van der Waals surface area contributed by atoms with E-state index in [1.54, 1.807) is 57.8 Å². The molecule has 6 aliphatic carbocycles. The first-order valence-electron chi connectivity index (χ1n) is 9.29. The van der Waals surface area contributed by atoms with Crippen molar-refractivity contribution in [2.75, 3.05) is 0 Å². The smallest absolute Gasteiger partial charge is 0.0174 e. The Bertz CT molecular complexity index is 453. The van der Waals surface area contributed by atoms with Gasteiger partial charge in [0.2, 0.25) is 0 Å². The first-order valence-corrected chi connectivity index (χ1v) is 9.29. The molecule has 6 saturated carbocycles. The molecule has 6 rings (SSSR count). The quantitative estimate of drug-likeness (QED) is 0.579. The molecular weight excluding hydrogens is 228 g/mol. The Balaban J connectivity index is 1.59. The predicted octanol–water partition coefficient (Wildman–Crippen LogP) is 4.89. The maximum absolute atomic E-state index is 2.61. The minimum absolute atomic E-state index is 0.889. The Labute approximate surface area is 117 Å². The van der Waals surface area contributed by atoms with Crippen molar-refractivity contribution in [2.24, 2.45) is 52.3 Å². The van der Waals surface area contributed by atoms with Crippen LogP contribution in [0, 0.1) is 52.3 Å². The average Bonchev–Trinajstić information content (AvgIpc) is 3.03. The van der Waals surface area contributed by atoms with E-state index >= 15 is 0 Å². The van der Waals surface area contributed by atoms with E-state index in [4.69, 9.17) is 0 Å². The Hall–Kier alpha value is 0. The fourth-order valence-corrected chi connectivity index (χ4v) is 9.80. The molecule has 0 N–H and O–H groups in total. The second kappa shape index (κ2) is 2.95. The van der Waals surface area contributed by atoms with E-state index < -0.39 is 0 Å².